The maximum absolute atomic E-state index is 10.8. The van der Waals surface area contributed by atoms with Gasteiger partial charge in [-0.1, -0.05) is 12.1 Å². The molecule has 0 aromatic heterocycles. The fourth-order valence-corrected chi connectivity index (χ4v) is 1.56. The lowest BCUT2D eigenvalue weighted by Crippen LogP contribution is -2.24. The highest BCUT2D eigenvalue weighted by molar-refractivity contribution is 5.75. The topological polar surface area (TPSA) is 64.4 Å². The lowest BCUT2D eigenvalue weighted by molar-refractivity contribution is -0.118. The van der Waals surface area contributed by atoms with Gasteiger partial charge in [-0.25, -0.2) is 0 Å². The van der Waals surface area contributed by atoms with Gasteiger partial charge in [0.15, 0.2) is 0 Å². The molecule has 0 heterocycles. The molecule has 0 saturated carbocycles. The first-order chi connectivity index (χ1) is 7.99. The summed E-state index contributed by atoms with van der Waals surface area (Å²) in [5.74, 6) is 0.478. The van der Waals surface area contributed by atoms with E-state index in [-0.39, 0.29) is 18.1 Å². The van der Waals surface area contributed by atoms with Crippen LogP contribution in [0.5, 0.6) is 5.75 Å². The average molecular weight is 236 g/mol. The van der Waals surface area contributed by atoms with Crippen LogP contribution in [0.25, 0.3) is 0 Å². The molecule has 1 aromatic rings. The minimum atomic E-state index is -0.313. The Kier molecular flexibility index (Phi) is 4.82. The number of ether oxygens (including phenoxy) is 1. The van der Waals surface area contributed by atoms with Crippen molar-refractivity contribution in [3.63, 3.8) is 0 Å². The summed E-state index contributed by atoms with van der Waals surface area (Å²) in [6.45, 7) is 5.87. The van der Waals surface area contributed by atoms with Gasteiger partial charge in [0.2, 0.25) is 5.91 Å². The summed E-state index contributed by atoms with van der Waals surface area (Å²) >= 11 is 0. The Labute approximate surface area is 102 Å². The molecule has 1 amide bonds. The number of nitrogens with two attached hydrogens (primary N) is 1. The molecular formula is C13H20N2O2. The minimum Gasteiger partial charge on any atom is -0.489 e. The SMILES string of the molecule is CC(CC(N)=O)Nc1ccccc1OC(C)C. The molecule has 1 unspecified atom stereocenters. The van der Waals surface area contributed by atoms with E-state index in [4.69, 9.17) is 10.5 Å². The Morgan fingerprint density at radius 2 is 2.00 bits per heavy atom. The van der Waals surface area contributed by atoms with Crippen LogP contribution < -0.4 is 15.8 Å². The number of amides is 1. The molecule has 17 heavy (non-hydrogen) atoms. The summed E-state index contributed by atoms with van der Waals surface area (Å²) in [5, 5.41) is 3.22. The molecule has 0 saturated heterocycles. The van der Waals surface area contributed by atoms with Crippen LogP contribution in [0.1, 0.15) is 27.2 Å². The van der Waals surface area contributed by atoms with Crippen molar-refractivity contribution in [3.05, 3.63) is 24.3 Å². The van der Waals surface area contributed by atoms with E-state index in [1.165, 1.54) is 0 Å². The third-order valence-corrected chi connectivity index (χ3v) is 2.16. The summed E-state index contributed by atoms with van der Waals surface area (Å²) in [6, 6.07) is 7.66. The molecule has 0 bridgehead atoms. The number of hydrogen-bond donors (Lipinski definition) is 2. The summed E-state index contributed by atoms with van der Waals surface area (Å²) in [4.78, 5) is 10.8. The predicted octanol–water partition coefficient (Wildman–Crippen LogP) is 2.15. The smallest absolute Gasteiger partial charge is 0.219 e. The van der Waals surface area contributed by atoms with Crippen molar-refractivity contribution in [2.24, 2.45) is 5.73 Å². The van der Waals surface area contributed by atoms with Crippen LogP contribution >= 0.6 is 0 Å². The first kappa shape index (κ1) is 13.4. The summed E-state index contributed by atoms with van der Waals surface area (Å²) < 4.78 is 5.67. The highest BCUT2D eigenvalue weighted by Gasteiger charge is 2.09. The predicted molar refractivity (Wildman–Crippen MR) is 69.1 cm³/mol. The molecule has 4 nitrogen and oxygen atoms in total. The lowest BCUT2D eigenvalue weighted by atomic mass is 10.2. The van der Waals surface area contributed by atoms with Gasteiger partial charge in [-0.15, -0.1) is 0 Å². The number of hydrogen-bond acceptors (Lipinski definition) is 3. The molecular weight excluding hydrogens is 216 g/mol. The van der Waals surface area contributed by atoms with Gasteiger partial charge in [0.25, 0.3) is 0 Å². The van der Waals surface area contributed by atoms with Gasteiger partial charge in [0.1, 0.15) is 5.75 Å². The van der Waals surface area contributed by atoms with E-state index < -0.39 is 0 Å². The Morgan fingerprint density at radius 1 is 1.35 bits per heavy atom. The number of carbonyl (C=O) groups is 1. The van der Waals surface area contributed by atoms with E-state index in [2.05, 4.69) is 5.32 Å². The number of para-hydroxylation sites is 2. The molecule has 0 fully saturated rings. The zero-order valence-electron chi connectivity index (χ0n) is 10.6. The Morgan fingerprint density at radius 3 is 2.59 bits per heavy atom. The van der Waals surface area contributed by atoms with Crippen LogP contribution in [0.3, 0.4) is 0 Å². The van der Waals surface area contributed by atoms with Gasteiger partial charge >= 0.3 is 0 Å². The van der Waals surface area contributed by atoms with Gasteiger partial charge in [-0.05, 0) is 32.9 Å². The molecule has 1 aromatic carbocycles. The fraction of sp³-hybridized carbons (Fsp3) is 0.462. The van der Waals surface area contributed by atoms with Crippen LogP contribution in [-0.4, -0.2) is 18.1 Å². The fourth-order valence-electron chi connectivity index (χ4n) is 1.56. The third-order valence-electron chi connectivity index (χ3n) is 2.16. The lowest BCUT2D eigenvalue weighted by Gasteiger charge is -2.18. The number of rotatable bonds is 6. The maximum Gasteiger partial charge on any atom is 0.219 e. The standard InChI is InChI=1S/C13H20N2O2/c1-9(2)17-12-7-5-4-6-11(12)15-10(3)8-13(14)16/h4-7,9-10,15H,8H2,1-3H3,(H2,14,16). The van der Waals surface area contributed by atoms with Gasteiger partial charge in [0.05, 0.1) is 11.8 Å². The van der Waals surface area contributed by atoms with E-state index in [1.54, 1.807) is 0 Å². The quantitative estimate of drug-likeness (QED) is 0.795. The summed E-state index contributed by atoms with van der Waals surface area (Å²) in [5.41, 5.74) is 6.04. The first-order valence-electron chi connectivity index (χ1n) is 5.79. The zero-order valence-corrected chi connectivity index (χ0v) is 10.6. The second-order valence-electron chi connectivity index (χ2n) is 4.38. The zero-order chi connectivity index (χ0) is 12.8. The molecule has 0 radical (unpaired) electrons. The largest absolute Gasteiger partial charge is 0.489 e. The van der Waals surface area contributed by atoms with E-state index >= 15 is 0 Å². The number of anilines is 1. The van der Waals surface area contributed by atoms with Crippen LogP contribution in [0.2, 0.25) is 0 Å². The molecule has 0 aliphatic heterocycles. The Hall–Kier alpha value is -1.71. The third kappa shape index (κ3) is 4.76. The maximum atomic E-state index is 10.8. The monoisotopic (exact) mass is 236 g/mol. The molecule has 0 aliphatic carbocycles. The molecule has 94 valence electrons. The van der Waals surface area contributed by atoms with Crippen molar-refractivity contribution in [2.45, 2.75) is 39.3 Å². The van der Waals surface area contributed by atoms with Crippen LogP contribution in [0.15, 0.2) is 24.3 Å². The normalized spacial score (nSPS) is 12.2. The van der Waals surface area contributed by atoms with Crippen molar-refractivity contribution >= 4 is 11.6 Å². The van der Waals surface area contributed by atoms with Crippen molar-refractivity contribution in [3.8, 4) is 5.75 Å². The van der Waals surface area contributed by atoms with Crippen molar-refractivity contribution < 1.29 is 9.53 Å². The van der Waals surface area contributed by atoms with Crippen LogP contribution in [-0.2, 0) is 4.79 Å². The minimum absolute atomic E-state index is 0.00980. The van der Waals surface area contributed by atoms with E-state index in [9.17, 15) is 4.79 Å². The molecule has 3 N–H and O–H groups in total. The molecule has 4 heteroatoms. The van der Waals surface area contributed by atoms with Crippen LogP contribution in [0, 0.1) is 0 Å². The van der Waals surface area contributed by atoms with Gasteiger partial charge in [-0.3, -0.25) is 4.79 Å². The molecule has 1 atom stereocenters. The van der Waals surface area contributed by atoms with Crippen LogP contribution in [0.4, 0.5) is 5.69 Å². The molecule has 1 rings (SSSR count). The van der Waals surface area contributed by atoms with E-state index in [1.807, 2.05) is 45.0 Å². The average Bonchev–Trinajstić information content (AvgIpc) is 2.18. The first-order valence-corrected chi connectivity index (χ1v) is 5.79. The Balaban J connectivity index is 2.72. The number of benzene rings is 1. The van der Waals surface area contributed by atoms with Gasteiger partial charge in [0, 0.05) is 12.5 Å². The highest BCUT2D eigenvalue weighted by Crippen LogP contribution is 2.25. The highest BCUT2D eigenvalue weighted by atomic mass is 16.5. The van der Waals surface area contributed by atoms with Gasteiger partial charge in [-0.2, -0.15) is 0 Å². The van der Waals surface area contributed by atoms with Crippen molar-refractivity contribution in [2.75, 3.05) is 5.32 Å². The van der Waals surface area contributed by atoms with Gasteiger partial charge < -0.3 is 15.8 Å². The number of primary amides is 1. The van der Waals surface area contributed by atoms with Crippen molar-refractivity contribution in [1.29, 1.82) is 0 Å². The van der Waals surface area contributed by atoms with E-state index in [0.717, 1.165) is 11.4 Å². The Bertz CT molecular complexity index is 377. The second kappa shape index (κ2) is 6.13. The summed E-state index contributed by atoms with van der Waals surface area (Å²) in [7, 11) is 0. The molecule has 0 spiro atoms. The second-order valence-corrected chi connectivity index (χ2v) is 4.38. The molecule has 0 aliphatic rings. The van der Waals surface area contributed by atoms with Crippen molar-refractivity contribution in [1.82, 2.24) is 0 Å². The number of carbonyl (C=O) groups excluding carboxylic acids is 1. The summed E-state index contributed by atoms with van der Waals surface area (Å²) in [6.07, 6.45) is 0.417. The number of nitrogens with one attached hydrogen (secondary N) is 1. The van der Waals surface area contributed by atoms with E-state index in [0.29, 0.717) is 6.42 Å².